The number of alkyl halides is 3. The second-order valence-electron chi connectivity index (χ2n) is 15.4. The van der Waals surface area contributed by atoms with E-state index in [1.807, 2.05) is 18.2 Å². The predicted molar refractivity (Wildman–Crippen MR) is 213 cm³/mol. The number of nitrogens with zero attached hydrogens (tertiary/aromatic N) is 3. The number of halogens is 4. The number of phenols is 1. The number of benzene rings is 5. The monoisotopic (exact) mass is 829 g/mol. The molecule has 4 aliphatic rings. The summed E-state index contributed by atoms with van der Waals surface area (Å²) >= 11 is 6.37. The number of ether oxygens (including phenoxy) is 1. The number of carbonyl (C=O) groups excluding carboxylic acids is 4. The van der Waals surface area contributed by atoms with E-state index in [9.17, 15) is 32.7 Å². The van der Waals surface area contributed by atoms with Crippen molar-refractivity contribution < 1.29 is 46.6 Å². The lowest BCUT2D eigenvalue weighted by molar-refractivity contribution is -0.274. The van der Waals surface area contributed by atoms with Crippen LogP contribution in [0.2, 0.25) is 5.02 Å². The first-order valence-corrected chi connectivity index (χ1v) is 19.5. The highest BCUT2D eigenvalue weighted by atomic mass is 35.5. The Morgan fingerprint density at radius 3 is 2.27 bits per heavy atom. The van der Waals surface area contributed by atoms with Crippen LogP contribution in [0.25, 0.3) is 22.6 Å². The molecule has 0 radical (unpaired) electrons. The molecule has 6 atom stereocenters. The van der Waals surface area contributed by atoms with Crippen molar-refractivity contribution in [2.45, 2.75) is 30.5 Å². The summed E-state index contributed by atoms with van der Waals surface area (Å²) in [5.41, 5.74) is 1.24. The molecule has 60 heavy (non-hydrogen) atoms. The van der Waals surface area contributed by atoms with Gasteiger partial charge in [-0.05, 0) is 97.1 Å². The molecular formula is C46H31ClF3N3O7. The predicted octanol–water partition coefficient (Wildman–Crippen LogP) is 9.12. The fourth-order valence-corrected chi connectivity index (χ4v) is 10.2. The van der Waals surface area contributed by atoms with E-state index in [4.69, 9.17) is 16.0 Å². The maximum absolute atomic E-state index is 15.4. The first-order chi connectivity index (χ1) is 28.8. The second-order valence-corrected chi connectivity index (χ2v) is 15.8. The Kier molecular flexibility index (Phi) is 8.55. The van der Waals surface area contributed by atoms with Gasteiger partial charge in [0, 0.05) is 22.1 Å². The summed E-state index contributed by atoms with van der Waals surface area (Å²) in [5.74, 6) is -8.26. The number of anilines is 2. The van der Waals surface area contributed by atoms with Crippen molar-refractivity contribution in [2.75, 3.05) is 9.80 Å². The second kappa shape index (κ2) is 13.7. The Labute approximate surface area is 344 Å². The third-order valence-corrected chi connectivity index (χ3v) is 12.6. The van der Waals surface area contributed by atoms with E-state index in [0.717, 1.165) is 28.0 Å². The van der Waals surface area contributed by atoms with Crippen molar-refractivity contribution in [3.05, 3.63) is 149 Å². The van der Waals surface area contributed by atoms with Crippen LogP contribution in [0.5, 0.6) is 11.5 Å². The van der Waals surface area contributed by atoms with Crippen LogP contribution in [0.3, 0.4) is 0 Å². The number of rotatable bonds is 6. The number of hydrogen-bond donors (Lipinski definition) is 1. The number of amides is 4. The van der Waals surface area contributed by atoms with Crippen LogP contribution in [-0.4, -0.2) is 40.1 Å². The van der Waals surface area contributed by atoms with Crippen molar-refractivity contribution in [1.82, 2.24) is 4.98 Å². The third kappa shape index (κ3) is 5.66. The van der Waals surface area contributed by atoms with E-state index in [-0.39, 0.29) is 29.1 Å². The van der Waals surface area contributed by atoms with E-state index in [0.29, 0.717) is 39.4 Å². The number of allylic oxidation sites excluding steroid dienone is 2. The molecule has 2 aliphatic carbocycles. The molecule has 1 saturated carbocycles. The molecule has 1 N–H and O–H groups in total. The minimum atomic E-state index is -5.09. The SMILES string of the molecule is O=C1[C@H]2[C@H](CC=C3[C@H]2C[C@H]2C(=O)N(c4cccc(Cl)c4)C(=O)[C@@]2(c2ccccc2)[C@H]3c2cc(OC(F)(F)F)ccc2O)C(=O)N1c1ccc(-c2nc3ccccc3o2)cc1. The summed E-state index contributed by atoms with van der Waals surface area (Å²) in [6.07, 6.45) is -3.37. The highest BCUT2D eigenvalue weighted by Gasteiger charge is 2.70. The van der Waals surface area contributed by atoms with Gasteiger partial charge in [-0.15, -0.1) is 13.2 Å². The molecule has 2 saturated heterocycles. The Balaban J connectivity index is 1.11. The molecule has 0 bridgehead atoms. The van der Waals surface area contributed by atoms with Crippen LogP contribution >= 0.6 is 11.6 Å². The largest absolute Gasteiger partial charge is 0.573 e. The molecule has 0 unspecified atom stereocenters. The van der Waals surface area contributed by atoms with Crippen molar-refractivity contribution >= 4 is 57.7 Å². The maximum atomic E-state index is 15.4. The van der Waals surface area contributed by atoms with Gasteiger partial charge in [-0.25, -0.2) is 9.88 Å². The number of aromatic nitrogens is 1. The van der Waals surface area contributed by atoms with Crippen molar-refractivity contribution in [2.24, 2.45) is 23.7 Å². The highest BCUT2D eigenvalue weighted by Crippen LogP contribution is 2.65. The Morgan fingerprint density at radius 1 is 0.783 bits per heavy atom. The van der Waals surface area contributed by atoms with E-state index < -0.39 is 76.5 Å². The molecule has 10 nitrogen and oxygen atoms in total. The molecule has 5 aromatic carbocycles. The summed E-state index contributed by atoms with van der Waals surface area (Å²) in [4.78, 5) is 66.2. The van der Waals surface area contributed by atoms with E-state index >= 15 is 4.79 Å². The number of oxazole rings is 1. The molecule has 0 spiro atoms. The Morgan fingerprint density at radius 2 is 1.53 bits per heavy atom. The van der Waals surface area contributed by atoms with Crippen molar-refractivity contribution in [1.29, 1.82) is 0 Å². The number of phenolic OH excluding ortho intramolecular Hbond substituents is 1. The van der Waals surface area contributed by atoms with Crippen LogP contribution in [-0.2, 0) is 24.6 Å². The summed E-state index contributed by atoms with van der Waals surface area (Å²) in [6.45, 7) is 0. The molecule has 6 aromatic rings. The number of carbonyl (C=O) groups is 4. The molecule has 10 rings (SSSR count). The van der Waals surface area contributed by atoms with Crippen molar-refractivity contribution in [3.8, 4) is 23.0 Å². The number of para-hydroxylation sites is 2. The zero-order valence-electron chi connectivity index (χ0n) is 31.2. The zero-order chi connectivity index (χ0) is 41.7. The highest BCUT2D eigenvalue weighted by molar-refractivity contribution is 6.32. The van der Waals surface area contributed by atoms with Crippen LogP contribution in [0.15, 0.2) is 137 Å². The molecule has 3 heterocycles. The standard InChI is InChI=1S/C46H31ClF3N3O7/c47-26-9-6-10-28(21-26)53-42(56)34-23-32-30(39(45(34,44(53)58)25-7-2-1-3-8-25)33-22-29(17-20-36(33)54)60-46(48,49)50)18-19-31-38(32)43(57)52(41(31)55)27-15-13-24(14-16-27)40-51-35-11-4-5-12-37(35)59-40/h1-18,20-22,31-32,34,38-39,54H,19,23H2/t31-,32+,34-,38-,39+,45+/m0/s1. The molecule has 300 valence electrons. The van der Waals surface area contributed by atoms with Gasteiger partial charge >= 0.3 is 6.36 Å². The normalized spacial score (nSPS) is 25.0. The molecule has 4 amide bonds. The summed E-state index contributed by atoms with van der Waals surface area (Å²) in [7, 11) is 0. The average Bonchev–Trinajstić information content (AvgIpc) is 3.85. The lowest BCUT2D eigenvalue weighted by Crippen LogP contribution is -2.53. The van der Waals surface area contributed by atoms with E-state index in [2.05, 4.69) is 9.72 Å². The van der Waals surface area contributed by atoms with Crippen LogP contribution in [0.1, 0.15) is 29.9 Å². The van der Waals surface area contributed by atoms with Crippen LogP contribution in [0, 0.1) is 23.7 Å². The van der Waals surface area contributed by atoms with Gasteiger partial charge in [0.1, 0.15) is 17.0 Å². The molecule has 2 aliphatic heterocycles. The zero-order valence-corrected chi connectivity index (χ0v) is 31.9. The smallest absolute Gasteiger partial charge is 0.508 e. The number of aromatic hydroxyl groups is 1. The van der Waals surface area contributed by atoms with Crippen LogP contribution in [0.4, 0.5) is 24.5 Å². The van der Waals surface area contributed by atoms with E-state index in [1.165, 1.54) is 6.07 Å². The van der Waals surface area contributed by atoms with Crippen molar-refractivity contribution in [3.63, 3.8) is 0 Å². The minimum absolute atomic E-state index is 0.0459. The molecule has 3 fully saturated rings. The van der Waals surface area contributed by atoms with Gasteiger partial charge in [-0.3, -0.25) is 24.1 Å². The maximum Gasteiger partial charge on any atom is 0.573 e. The third-order valence-electron chi connectivity index (χ3n) is 12.4. The van der Waals surface area contributed by atoms with Gasteiger partial charge < -0.3 is 14.3 Å². The Bertz CT molecular complexity index is 2770. The number of fused-ring (bicyclic) bond motifs is 5. The first-order valence-electron chi connectivity index (χ1n) is 19.2. The first kappa shape index (κ1) is 37.5. The summed E-state index contributed by atoms with van der Waals surface area (Å²) in [5, 5.41) is 11.9. The summed E-state index contributed by atoms with van der Waals surface area (Å²) < 4.78 is 51.3. The van der Waals surface area contributed by atoms with Gasteiger partial charge in [0.25, 0.3) is 0 Å². The average molecular weight is 830 g/mol. The molecular weight excluding hydrogens is 799 g/mol. The Hall–Kier alpha value is -6.73. The topological polar surface area (TPSA) is 130 Å². The lowest BCUT2D eigenvalue weighted by atomic mass is 9.49. The fourth-order valence-electron chi connectivity index (χ4n) is 10.1. The number of hydrogen-bond acceptors (Lipinski definition) is 8. The number of imide groups is 2. The lowest BCUT2D eigenvalue weighted by Gasteiger charge is -2.50. The van der Waals surface area contributed by atoms with Gasteiger partial charge in [0.2, 0.25) is 29.5 Å². The molecule has 14 heteroatoms. The van der Waals surface area contributed by atoms with Gasteiger partial charge in [-0.1, -0.05) is 71.8 Å². The summed E-state index contributed by atoms with van der Waals surface area (Å²) in [6, 6.07) is 31.6. The van der Waals surface area contributed by atoms with Gasteiger partial charge in [0.05, 0.1) is 34.5 Å². The van der Waals surface area contributed by atoms with Gasteiger partial charge in [-0.2, -0.15) is 0 Å². The molecule has 1 aromatic heterocycles. The van der Waals surface area contributed by atoms with E-state index in [1.54, 1.807) is 84.9 Å². The fraction of sp³-hybridized carbons (Fsp3) is 0.196. The van der Waals surface area contributed by atoms with Gasteiger partial charge in [0.15, 0.2) is 5.58 Å². The minimum Gasteiger partial charge on any atom is -0.508 e. The quantitative estimate of drug-likeness (QED) is 0.130. The van der Waals surface area contributed by atoms with Crippen LogP contribution < -0.4 is 14.5 Å².